The molecule has 1 unspecified atom stereocenters. The van der Waals surface area contributed by atoms with Gasteiger partial charge < -0.3 is 14.8 Å². The van der Waals surface area contributed by atoms with Crippen LogP contribution < -0.4 is 14.8 Å². The molecule has 24 heavy (non-hydrogen) atoms. The first-order chi connectivity index (χ1) is 11.3. The van der Waals surface area contributed by atoms with Crippen LogP contribution in [0.3, 0.4) is 0 Å². The molecule has 1 aliphatic heterocycles. The Morgan fingerprint density at radius 2 is 1.96 bits per heavy atom. The van der Waals surface area contributed by atoms with Gasteiger partial charge in [0, 0.05) is 25.2 Å². The van der Waals surface area contributed by atoms with Crippen LogP contribution in [0.1, 0.15) is 12.8 Å². The minimum Gasteiger partial charge on any atom is -0.495 e. The summed E-state index contributed by atoms with van der Waals surface area (Å²) < 4.78 is 35.1. The van der Waals surface area contributed by atoms with Crippen LogP contribution in [0.5, 0.6) is 11.5 Å². The lowest BCUT2D eigenvalue weighted by Gasteiger charge is -2.30. The summed E-state index contributed by atoms with van der Waals surface area (Å²) >= 11 is 6.04. The Balaban J connectivity index is 2.17. The Morgan fingerprint density at radius 1 is 1.29 bits per heavy atom. The van der Waals surface area contributed by atoms with E-state index in [0.29, 0.717) is 41.6 Å². The Hall–Kier alpha value is -1.51. The van der Waals surface area contributed by atoms with Gasteiger partial charge in [0.15, 0.2) is 0 Å². The predicted molar refractivity (Wildman–Crippen MR) is 92.3 cm³/mol. The van der Waals surface area contributed by atoms with Crippen molar-refractivity contribution in [2.24, 2.45) is 5.92 Å². The van der Waals surface area contributed by atoms with Gasteiger partial charge in [0.2, 0.25) is 15.9 Å². The van der Waals surface area contributed by atoms with E-state index < -0.39 is 15.9 Å². The summed E-state index contributed by atoms with van der Waals surface area (Å²) in [6.07, 6.45) is 2.43. The number of methoxy groups -OCH3 is 2. The van der Waals surface area contributed by atoms with Gasteiger partial charge >= 0.3 is 0 Å². The van der Waals surface area contributed by atoms with Gasteiger partial charge in [-0.2, -0.15) is 0 Å². The normalized spacial score (nSPS) is 18.9. The number of nitrogens with one attached hydrogen (secondary N) is 1. The van der Waals surface area contributed by atoms with Crippen LogP contribution in [0, 0.1) is 5.92 Å². The zero-order valence-electron chi connectivity index (χ0n) is 13.8. The van der Waals surface area contributed by atoms with Crippen molar-refractivity contribution in [1.29, 1.82) is 0 Å². The second-order valence-electron chi connectivity index (χ2n) is 5.64. The molecule has 1 aliphatic rings. The van der Waals surface area contributed by atoms with Gasteiger partial charge in [-0.25, -0.2) is 12.7 Å². The molecule has 1 aromatic rings. The molecular formula is C15H21ClN2O5S. The van der Waals surface area contributed by atoms with Crippen LogP contribution >= 0.6 is 11.6 Å². The zero-order valence-corrected chi connectivity index (χ0v) is 15.4. The van der Waals surface area contributed by atoms with Crippen LogP contribution in [0.25, 0.3) is 0 Å². The van der Waals surface area contributed by atoms with Crippen molar-refractivity contribution in [3.8, 4) is 11.5 Å². The van der Waals surface area contributed by atoms with Crippen LogP contribution in [0.15, 0.2) is 12.1 Å². The van der Waals surface area contributed by atoms with Gasteiger partial charge in [-0.15, -0.1) is 0 Å². The molecule has 1 heterocycles. The summed E-state index contributed by atoms with van der Waals surface area (Å²) in [5, 5.41) is 3.15. The van der Waals surface area contributed by atoms with Crippen LogP contribution in [0.2, 0.25) is 5.02 Å². The molecule has 7 nitrogen and oxygen atoms in total. The van der Waals surface area contributed by atoms with Crippen molar-refractivity contribution < 1.29 is 22.7 Å². The summed E-state index contributed by atoms with van der Waals surface area (Å²) in [5.41, 5.74) is 0.431. The lowest BCUT2D eigenvalue weighted by atomic mass is 9.98. The van der Waals surface area contributed by atoms with E-state index in [-0.39, 0.29) is 12.5 Å². The fourth-order valence-electron chi connectivity index (χ4n) is 2.65. The third kappa shape index (κ3) is 4.31. The number of amides is 1. The molecule has 0 radical (unpaired) electrons. The zero-order chi connectivity index (χ0) is 17.9. The predicted octanol–water partition coefficient (Wildman–Crippen LogP) is 1.97. The summed E-state index contributed by atoms with van der Waals surface area (Å²) in [7, 11) is -0.354. The molecule has 1 N–H and O–H groups in total. The molecule has 1 amide bonds. The van der Waals surface area contributed by atoms with Gasteiger partial charge in [-0.3, -0.25) is 4.79 Å². The summed E-state index contributed by atoms with van der Waals surface area (Å²) in [5.74, 6) is 0.144. The van der Waals surface area contributed by atoms with Crippen LogP contribution in [-0.4, -0.2) is 52.2 Å². The minimum atomic E-state index is -3.30. The fourth-order valence-corrected chi connectivity index (χ4v) is 3.79. The molecule has 0 bridgehead atoms. The smallest absolute Gasteiger partial charge is 0.228 e. The Labute approximate surface area is 146 Å². The maximum Gasteiger partial charge on any atom is 0.228 e. The van der Waals surface area contributed by atoms with Crippen LogP contribution in [-0.2, 0) is 14.8 Å². The fraction of sp³-hybridized carbons (Fsp3) is 0.533. The highest BCUT2D eigenvalue weighted by Crippen LogP contribution is 2.36. The first-order valence-electron chi connectivity index (χ1n) is 7.43. The second-order valence-corrected chi connectivity index (χ2v) is 8.03. The van der Waals surface area contributed by atoms with E-state index in [1.54, 1.807) is 12.1 Å². The van der Waals surface area contributed by atoms with Crippen molar-refractivity contribution in [1.82, 2.24) is 4.31 Å². The van der Waals surface area contributed by atoms with E-state index in [9.17, 15) is 13.2 Å². The van der Waals surface area contributed by atoms with E-state index >= 15 is 0 Å². The molecule has 134 valence electrons. The molecular weight excluding hydrogens is 356 g/mol. The molecule has 0 aliphatic carbocycles. The number of benzene rings is 1. The molecule has 1 saturated heterocycles. The Kier molecular flexibility index (Phi) is 5.95. The summed E-state index contributed by atoms with van der Waals surface area (Å²) in [6, 6.07) is 3.13. The minimum absolute atomic E-state index is 0.178. The number of ether oxygens (including phenoxy) is 2. The van der Waals surface area contributed by atoms with Crippen molar-refractivity contribution in [3.05, 3.63) is 17.2 Å². The highest BCUT2D eigenvalue weighted by Gasteiger charge is 2.30. The number of sulfonamides is 1. The van der Waals surface area contributed by atoms with Gasteiger partial charge in [-0.1, -0.05) is 11.6 Å². The van der Waals surface area contributed by atoms with Crippen molar-refractivity contribution in [2.45, 2.75) is 12.8 Å². The third-order valence-electron chi connectivity index (χ3n) is 3.96. The molecule has 1 fully saturated rings. The largest absolute Gasteiger partial charge is 0.495 e. The first kappa shape index (κ1) is 18.8. The highest BCUT2D eigenvalue weighted by molar-refractivity contribution is 7.88. The lowest BCUT2D eigenvalue weighted by molar-refractivity contribution is -0.120. The molecule has 2 rings (SSSR count). The summed E-state index contributed by atoms with van der Waals surface area (Å²) in [4.78, 5) is 12.5. The molecule has 1 atom stereocenters. The SMILES string of the molecule is COc1cc(NC(=O)C2CCCN(S(C)(=O)=O)C2)c(OC)cc1Cl. The lowest BCUT2D eigenvalue weighted by Crippen LogP contribution is -2.43. The monoisotopic (exact) mass is 376 g/mol. The van der Waals surface area contributed by atoms with Crippen LogP contribution in [0.4, 0.5) is 5.69 Å². The third-order valence-corrected chi connectivity index (χ3v) is 5.52. The van der Waals surface area contributed by atoms with Crippen molar-refractivity contribution >= 4 is 33.2 Å². The number of carbonyl (C=O) groups excluding carboxylic acids is 1. The number of halogens is 1. The Morgan fingerprint density at radius 3 is 2.54 bits per heavy atom. The van der Waals surface area contributed by atoms with E-state index in [2.05, 4.69) is 5.32 Å². The number of rotatable bonds is 5. The highest BCUT2D eigenvalue weighted by atomic mass is 35.5. The topological polar surface area (TPSA) is 84.9 Å². The number of anilines is 1. The van der Waals surface area contributed by atoms with E-state index in [1.165, 1.54) is 18.5 Å². The number of piperidine rings is 1. The molecule has 0 aromatic heterocycles. The maximum absolute atomic E-state index is 12.5. The van der Waals surface area contributed by atoms with Gasteiger partial charge in [0.05, 0.1) is 37.1 Å². The van der Waals surface area contributed by atoms with E-state index in [0.717, 1.165) is 6.26 Å². The summed E-state index contributed by atoms with van der Waals surface area (Å²) in [6.45, 7) is 0.623. The molecule has 9 heteroatoms. The molecule has 0 saturated carbocycles. The van der Waals surface area contributed by atoms with E-state index in [1.807, 2.05) is 0 Å². The van der Waals surface area contributed by atoms with Crippen molar-refractivity contribution in [3.63, 3.8) is 0 Å². The van der Waals surface area contributed by atoms with Gasteiger partial charge in [0.25, 0.3) is 0 Å². The molecule has 1 aromatic carbocycles. The quantitative estimate of drug-likeness (QED) is 0.849. The number of nitrogens with zero attached hydrogens (tertiary/aromatic N) is 1. The average molecular weight is 377 g/mol. The maximum atomic E-state index is 12.5. The Bertz CT molecular complexity index is 723. The first-order valence-corrected chi connectivity index (χ1v) is 9.66. The standard InChI is InChI=1S/C15H21ClN2O5S/c1-22-13-8-12(14(23-2)7-11(13)16)17-15(19)10-5-4-6-18(9-10)24(3,20)21/h7-8,10H,4-6,9H2,1-3H3,(H,17,19). The van der Waals surface area contributed by atoms with Gasteiger partial charge in [-0.05, 0) is 12.8 Å². The van der Waals surface area contributed by atoms with E-state index in [4.69, 9.17) is 21.1 Å². The molecule has 0 spiro atoms. The average Bonchev–Trinajstić information content (AvgIpc) is 2.55. The number of carbonyl (C=O) groups is 1. The number of hydrogen-bond acceptors (Lipinski definition) is 5. The van der Waals surface area contributed by atoms with Gasteiger partial charge in [0.1, 0.15) is 11.5 Å². The van der Waals surface area contributed by atoms with Crippen molar-refractivity contribution in [2.75, 3.05) is 38.9 Å². The number of hydrogen-bond donors (Lipinski definition) is 1. The second kappa shape index (κ2) is 7.58.